The number of amides is 1. The van der Waals surface area contributed by atoms with Crippen molar-refractivity contribution < 1.29 is 23.1 Å². The van der Waals surface area contributed by atoms with Crippen LogP contribution in [0.25, 0.3) is 11.0 Å². The Kier molecular flexibility index (Phi) is 4.83. The summed E-state index contributed by atoms with van der Waals surface area (Å²) in [5, 5.41) is 2.08. The lowest BCUT2D eigenvalue weighted by atomic mass is 10.2. The van der Waals surface area contributed by atoms with Crippen molar-refractivity contribution in [1.29, 1.82) is 0 Å². The zero-order chi connectivity index (χ0) is 18.7. The molecule has 26 heavy (non-hydrogen) atoms. The molecule has 2 aromatic carbocycles. The summed E-state index contributed by atoms with van der Waals surface area (Å²) in [5.74, 6) is -3.48. The van der Waals surface area contributed by atoms with E-state index in [2.05, 4.69) is 15.3 Å². The SMILES string of the molecule is CC(OC(=O)c1ccc2nccnc2c1)C(=O)Nc1c(F)cccc1F. The molecule has 1 atom stereocenters. The number of fused-ring (bicyclic) bond motifs is 1. The second-order valence-corrected chi connectivity index (χ2v) is 5.39. The Morgan fingerprint density at radius 3 is 2.38 bits per heavy atom. The summed E-state index contributed by atoms with van der Waals surface area (Å²) in [6.45, 7) is 1.30. The second kappa shape index (κ2) is 7.22. The number of aromatic nitrogens is 2. The molecule has 0 aliphatic heterocycles. The fourth-order valence-electron chi connectivity index (χ4n) is 2.21. The molecule has 1 aromatic heterocycles. The first-order valence-electron chi connectivity index (χ1n) is 7.62. The molecule has 3 aromatic rings. The van der Waals surface area contributed by atoms with Crippen LogP contribution in [0.1, 0.15) is 17.3 Å². The van der Waals surface area contributed by atoms with Crippen LogP contribution in [0.5, 0.6) is 0 Å². The number of ether oxygens (including phenoxy) is 1. The molecule has 0 saturated heterocycles. The van der Waals surface area contributed by atoms with Crippen molar-refractivity contribution in [3.8, 4) is 0 Å². The molecule has 0 aliphatic rings. The molecule has 1 amide bonds. The average molecular weight is 357 g/mol. The van der Waals surface area contributed by atoms with E-state index in [9.17, 15) is 18.4 Å². The van der Waals surface area contributed by atoms with E-state index in [1.165, 1.54) is 37.5 Å². The third-order valence-electron chi connectivity index (χ3n) is 3.57. The number of anilines is 1. The molecule has 0 fully saturated rings. The Labute approximate surface area is 146 Å². The summed E-state index contributed by atoms with van der Waals surface area (Å²) in [5.41, 5.74) is 0.674. The predicted octanol–water partition coefficient (Wildman–Crippen LogP) is 3.09. The number of halogens is 2. The first kappa shape index (κ1) is 17.4. The summed E-state index contributed by atoms with van der Waals surface area (Å²) >= 11 is 0. The number of nitrogens with one attached hydrogen (secondary N) is 1. The molecular formula is C18H13F2N3O3. The Hall–Kier alpha value is -3.42. The average Bonchev–Trinajstić information content (AvgIpc) is 2.64. The van der Waals surface area contributed by atoms with Gasteiger partial charge in [0.15, 0.2) is 6.10 Å². The summed E-state index contributed by atoms with van der Waals surface area (Å²) < 4.78 is 32.2. The van der Waals surface area contributed by atoms with E-state index in [1.807, 2.05) is 0 Å². The molecule has 0 radical (unpaired) electrons. The topological polar surface area (TPSA) is 81.2 Å². The van der Waals surface area contributed by atoms with Crippen molar-refractivity contribution in [2.45, 2.75) is 13.0 Å². The van der Waals surface area contributed by atoms with Crippen molar-refractivity contribution in [2.24, 2.45) is 0 Å². The molecule has 1 unspecified atom stereocenters. The number of para-hydroxylation sites is 1. The van der Waals surface area contributed by atoms with Crippen LogP contribution >= 0.6 is 0 Å². The molecule has 0 spiro atoms. The normalized spacial score (nSPS) is 11.8. The smallest absolute Gasteiger partial charge is 0.338 e. The van der Waals surface area contributed by atoms with Crippen LogP contribution in [0, 0.1) is 11.6 Å². The third-order valence-corrected chi connectivity index (χ3v) is 3.57. The van der Waals surface area contributed by atoms with Gasteiger partial charge in [-0.2, -0.15) is 0 Å². The first-order valence-corrected chi connectivity index (χ1v) is 7.62. The Morgan fingerprint density at radius 1 is 1.04 bits per heavy atom. The minimum Gasteiger partial charge on any atom is -0.449 e. The van der Waals surface area contributed by atoms with Crippen LogP contribution < -0.4 is 5.32 Å². The van der Waals surface area contributed by atoms with Gasteiger partial charge in [0.1, 0.15) is 17.3 Å². The summed E-state index contributed by atoms with van der Waals surface area (Å²) in [7, 11) is 0. The fourth-order valence-corrected chi connectivity index (χ4v) is 2.21. The highest BCUT2D eigenvalue weighted by molar-refractivity contribution is 5.98. The predicted molar refractivity (Wildman–Crippen MR) is 89.4 cm³/mol. The van der Waals surface area contributed by atoms with Gasteiger partial charge in [-0.3, -0.25) is 14.8 Å². The van der Waals surface area contributed by atoms with Gasteiger partial charge in [-0.05, 0) is 37.3 Å². The maximum atomic E-state index is 13.6. The van der Waals surface area contributed by atoms with Gasteiger partial charge in [-0.15, -0.1) is 0 Å². The lowest BCUT2D eigenvalue weighted by molar-refractivity contribution is -0.123. The van der Waals surface area contributed by atoms with Gasteiger partial charge in [0.2, 0.25) is 0 Å². The van der Waals surface area contributed by atoms with Crippen LogP contribution in [0.4, 0.5) is 14.5 Å². The van der Waals surface area contributed by atoms with Gasteiger partial charge >= 0.3 is 5.97 Å². The van der Waals surface area contributed by atoms with Gasteiger partial charge < -0.3 is 10.1 Å². The number of rotatable bonds is 4. The fraction of sp³-hybridized carbons (Fsp3) is 0.111. The minimum atomic E-state index is -1.26. The Balaban J connectivity index is 1.70. The van der Waals surface area contributed by atoms with Crippen LogP contribution in [0.15, 0.2) is 48.8 Å². The maximum Gasteiger partial charge on any atom is 0.338 e. The van der Waals surface area contributed by atoms with Crippen LogP contribution in [-0.2, 0) is 9.53 Å². The summed E-state index contributed by atoms with van der Waals surface area (Å²) in [6.07, 6.45) is 1.74. The first-order chi connectivity index (χ1) is 12.5. The van der Waals surface area contributed by atoms with E-state index in [1.54, 1.807) is 6.07 Å². The van der Waals surface area contributed by atoms with Crippen molar-refractivity contribution in [1.82, 2.24) is 9.97 Å². The second-order valence-electron chi connectivity index (χ2n) is 5.39. The van der Waals surface area contributed by atoms with Crippen molar-refractivity contribution in [3.63, 3.8) is 0 Å². The number of benzene rings is 2. The van der Waals surface area contributed by atoms with E-state index in [-0.39, 0.29) is 5.56 Å². The number of carbonyl (C=O) groups is 2. The highest BCUT2D eigenvalue weighted by atomic mass is 19.1. The number of carbonyl (C=O) groups excluding carboxylic acids is 2. The maximum absolute atomic E-state index is 13.6. The zero-order valence-electron chi connectivity index (χ0n) is 13.6. The van der Waals surface area contributed by atoms with Crippen LogP contribution in [0.2, 0.25) is 0 Å². The molecule has 6 nitrogen and oxygen atoms in total. The minimum absolute atomic E-state index is 0.176. The lowest BCUT2D eigenvalue weighted by Crippen LogP contribution is -2.30. The molecule has 132 valence electrons. The molecule has 0 saturated carbocycles. The van der Waals surface area contributed by atoms with Gasteiger partial charge in [0, 0.05) is 12.4 Å². The number of hydrogen-bond acceptors (Lipinski definition) is 5. The Bertz CT molecular complexity index is 974. The van der Waals surface area contributed by atoms with Gasteiger partial charge in [-0.1, -0.05) is 6.07 Å². The molecule has 1 N–H and O–H groups in total. The van der Waals surface area contributed by atoms with E-state index in [0.29, 0.717) is 11.0 Å². The molecule has 1 heterocycles. The quantitative estimate of drug-likeness (QED) is 0.726. The van der Waals surface area contributed by atoms with Crippen molar-refractivity contribution >= 4 is 28.6 Å². The third kappa shape index (κ3) is 3.64. The number of esters is 1. The molecule has 3 rings (SSSR count). The molecular weight excluding hydrogens is 344 g/mol. The number of nitrogens with zero attached hydrogens (tertiary/aromatic N) is 2. The molecule has 0 bridgehead atoms. The number of hydrogen-bond donors (Lipinski definition) is 1. The summed E-state index contributed by atoms with van der Waals surface area (Å²) in [4.78, 5) is 32.4. The molecule has 8 heteroatoms. The van der Waals surface area contributed by atoms with Gasteiger partial charge in [-0.25, -0.2) is 13.6 Å². The van der Waals surface area contributed by atoms with E-state index in [4.69, 9.17) is 4.74 Å². The van der Waals surface area contributed by atoms with E-state index >= 15 is 0 Å². The standard InChI is InChI=1S/C18H13F2N3O3/c1-10(17(24)23-16-12(19)3-2-4-13(16)20)26-18(25)11-5-6-14-15(9-11)22-8-7-21-14/h2-10H,1H3,(H,23,24). The van der Waals surface area contributed by atoms with Gasteiger partial charge in [0.05, 0.1) is 16.6 Å². The van der Waals surface area contributed by atoms with Gasteiger partial charge in [0.25, 0.3) is 5.91 Å². The lowest BCUT2D eigenvalue weighted by Gasteiger charge is -2.14. The van der Waals surface area contributed by atoms with E-state index in [0.717, 1.165) is 12.1 Å². The Morgan fingerprint density at radius 2 is 1.69 bits per heavy atom. The van der Waals surface area contributed by atoms with Crippen molar-refractivity contribution in [3.05, 3.63) is 66.0 Å². The van der Waals surface area contributed by atoms with Crippen LogP contribution in [0.3, 0.4) is 0 Å². The van der Waals surface area contributed by atoms with Crippen LogP contribution in [-0.4, -0.2) is 27.9 Å². The van der Waals surface area contributed by atoms with Crippen molar-refractivity contribution in [2.75, 3.05) is 5.32 Å². The molecule has 0 aliphatic carbocycles. The largest absolute Gasteiger partial charge is 0.449 e. The highest BCUT2D eigenvalue weighted by Crippen LogP contribution is 2.19. The summed E-state index contributed by atoms with van der Waals surface area (Å²) in [6, 6.07) is 7.74. The highest BCUT2D eigenvalue weighted by Gasteiger charge is 2.21. The zero-order valence-corrected chi connectivity index (χ0v) is 13.6. The van der Waals surface area contributed by atoms with E-state index < -0.39 is 35.3 Å². The monoisotopic (exact) mass is 357 g/mol.